The van der Waals surface area contributed by atoms with Gasteiger partial charge in [0.05, 0.1) is 18.8 Å². The van der Waals surface area contributed by atoms with E-state index in [1.165, 1.54) is 12.7 Å². The van der Waals surface area contributed by atoms with Gasteiger partial charge in [0, 0.05) is 24.8 Å². The number of Topliss-reactive ketones (excluding diaryl/α,β-unsaturated/α-hetero) is 2. The topological polar surface area (TPSA) is 122 Å². The van der Waals surface area contributed by atoms with Gasteiger partial charge >= 0.3 is 0 Å². The number of methoxy groups -OCH3 is 1. The number of aryl methyl sites for hydroxylation is 1. The first-order valence-electron chi connectivity index (χ1n) is 16.4. The summed E-state index contributed by atoms with van der Waals surface area (Å²) >= 11 is 0. The van der Waals surface area contributed by atoms with Crippen molar-refractivity contribution in [3.63, 3.8) is 0 Å². The summed E-state index contributed by atoms with van der Waals surface area (Å²) in [6, 6.07) is 13.4. The van der Waals surface area contributed by atoms with Gasteiger partial charge in [0.2, 0.25) is 0 Å². The van der Waals surface area contributed by atoms with Crippen molar-refractivity contribution in [2.75, 3.05) is 13.7 Å². The predicted molar refractivity (Wildman–Crippen MR) is 175 cm³/mol. The molecule has 0 saturated heterocycles. The Morgan fingerprint density at radius 2 is 1.84 bits per heavy atom. The molecular weight excluding hydrogens is 564 g/mol. The number of aliphatic hydroxyl groups is 1. The fourth-order valence-corrected chi connectivity index (χ4v) is 7.37. The van der Waals surface area contributed by atoms with E-state index in [1.807, 2.05) is 36.4 Å². The number of rotatable bonds is 7. The molecule has 1 saturated carbocycles. The second-order valence-corrected chi connectivity index (χ2v) is 12.9. The van der Waals surface area contributed by atoms with Gasteiger partial charge in [-0.3, -0.25) is 9.59 Å². The molecule has 1 heterocycles. The highest BCUT2D eigenvalue weighted by Gasteiger charge is 2.40. The maximum atomic E-state index is 14.0. The number of allylic oxidation sites excluding steroid dienone is 2. The van der Waals surface area contributed by atoms with Crippen LogP contribution < -0.4 is 15.8 Å². The molecule has 0 spiro atoms. The van der Waals surface area contributed by atoms with Crippen molar-refractivity contribution in [2.24, 2.45) is 29.4 Å². The minimum absolute atomic E-state index is 0.00126. The zero-order valence-corrected chi connectivity index (χ0v) is 26.4. The van der Waals surface area contributed by atoms with E-state index < -0.39 is 23.6 Å². The zero-order valence-electron chi connectivity index (χ0n) is 26.4. The molecule has 238 valence electrons. The molecular formula is C38H46N2O5. The summed E-state index contributed by atoms with van der Waals surface area (Å²) in [5.74, 6) is 6.52. The summed E-state index contributed by atoms with van der Waals surface area (Å²) in [5.41, 5.74) is 9.84. The van der Waals surface area contributed by atoms with E-state index in [2.05, 4.69) is 30.2 Å². The number of ether oxygens (including phenoxy) is 1. The number of aromatic hydroxyl groups is 1. The Morgan fingerprint density at radius 1 is 1.04 bits per heavy atom. The Kier molecular flexibility index (Phi) is 10.7. The number of unbranched alkanes of at least 4 members (excludes halogenated alkanes) is 1. The molecule has 1 aliphatic heterocycles. The Balaban J connectivity index is 1.62. The van der Waals surface area contributed by atoms with Crippen LogP contribution in [0.5, 0.6) is 11.5 Å². The Bertz CT molecular complexity index is 1500. The van der Waals surface area contributed by atoms with Crippen molar-refractivity contribution < 1.29 is 24.5 Å². The van der Waals surface area contributed by atoms with Gasteiger partial charge in [0.1, 0.15) is 0 Å². The van der Waals surface area contributed by atoms with E-state index in [0.29, 0.717) is 36.9 Å². The lowest BCUT2D eigenvalue weighted by molar-refractivity contribution is -0.142. The largest absolute Gasteiger partial charge is 0.504 e. The van der Waals surface area contributed by atoms with E-state index in [9.17, 15) is 19.8 Å². The van der Waals surface area contributed by atoms with Crippen LogP contribution in [-0.4, -0.2) is 41.5 Å². The molecule has 0 bridgehead atoms. The van der Waals surface area contributed by atoms with Gasteiger partial charge in [-0.05, 0) is 84.4 Å². The van der Waals surface area contributed by atoms with Crippen molar-refractivity contribution in [3.05, 3.63) is 82.7 Å². The number of nitrogens with two attached hydrogens (primary N) is 1. The monoisotopic (exact) mass is 610 g/mol. The lowest BCUT2D eigenvalue weighted by Gasteiger charge is -2.26. The van der Waals surface area contributed by atoms with Gasteiger partial charge in [-0.2, -0.15) is 0 Å². The van der Waals surface area contributed by atoms with E-state index in [1.54, 1.807) is 12.1 Å². The molecule has 2 aliphatic carbocycles. The van der Waals surface area contributed by atoms with Gasteiger partial charge < -0.3 is 26.0 Å². The second kappa shape index (κ2) is 14.8. The molecule has 0 aromatic heterocycles. The fraction of sp³-hybridized carbons (Fsp3) is 0.474. The number of hydrogen-bond acceptors (Lipinski definition) is 7. The average Bonchev–Trinajstić information content (AvgIpc) is 3.21. The van der Waals surface area contributed by atoms with Gasteiger partial charge in [0.15, 0.2) is 29.2 Å². The summed E-state index contributed by atoms with van der Waals surface area (Å²) in [5, 5.41) is 25.1. The first-order valence-corrected chi connectivity index (χ1v) is 16.4. The minimum atomic E-state index is -1.68. The predicted octanol–water partition coefficient (Wildman–Crippen LogP) is 5.54. The van der Waals surface area contributed by atoms with Crippen LogP contribution in [0.1, 0.15) is 80.9 Å². The van der Waals surface area contributed by atoms with Crippen LogP contribution in [-0.2, 0) is 16.0 Å². The quantitative estimate of drug-likeness (QED) is 0.240. The number of hydrogen-bond donors (Lipinski definition) is 4. The molecule has 2 aromatic rings. The smallest absolute Gasteiger partial charge is 0.173 e. The average molecular weight is 611 g/mol. The zero-order chi connectivity index (χ0) is 31.9. The number of aliphatic hydroxyl groups excluding tert-OH is 1. The SMILES string of the molecule is CCCCC1CC(CC2=CCNC(N)=C2)CC2C#CC(c3ccccc3)c3cc(O)c(OC)cc3CCC(=O)C(O)C(=O)C2C1. The summed E-state index contributed by atoms with van der Waals surface area (Å²) < 4.78 is 5.40. The lowest BCUT2D eigenvalue weighted by atomic mass is 9.77. The number of phenolic OH excluding ortho intramolecular Hbond substituents is 1. The molecule has 5 rings (SSSR count). The van der Waals surface area contributed by atoms with Crippen LogP contribution in [0, 0.1) is 35.5 Å². The van der Waals surface area contributed by atoms with Gasteiger partial charge in [-0.1, -0.05) is 74.4 Å². The fourth-order valence-electron chi connectivity index (χ4n) is 7.37. The normalized spacial score (nSPS) is 27.1. The highest BCUT2D eigenvalue weighted by molar-refractivity contribution is 6.06. The van der Waals surface area contributed by atoms with Crippen molar-refractivity contribution in [1.29, 1.82) is 0 Å². The summed E-state index contributed by atoms with van der Waals surface area (Å²) in [7, 11) is 1.49. The van der Waals surface area contributed by atoms with Crippen molar-refractivity contribution in [3.8, 4) is 23.3 Å². The molecule has 45 heavy (non-hydrogen) atoms. The maximum absolute atomic E-state index is 14.0. The molecule has 0 amide bonds. The molecule has 6 unspecified atom stereocenters. The van der Waals surface area contributed by atoms with Crippen LogP contribution in [0.25, 0.3) is 0 Å². The van der Waals surface area contributed by atoms with Crippen molar-refractivity contribution in [2.45, 2.75) is 76.7 Å². The molecule has 2 aromatic carbocycles. The molecule has 7 nitrogen and oxygen atoms in total. The van der Waals surface area contributed by atoms with Crippen LogP contribution >= 0.6 is 0 Å². The van der Waals surface area contributed by atoms with E-state index in [-0.39, 0.29) is 36.3 Å². The number of nitrogens with one attached hydrogen (secondary N) is 1. The third-order valence-corrected chi connectivity index (χ3v) is 9.71. The van der Waals surface area contributed by atoms with Gasteiger partial charge in [-0.25, -0.2) is 0 Å². The van der Waals surface area contributed by atoms with E-state index in [4.69, 9.17) is 10.5 Å². The van der Waals surface area contributed by atoms with Crippen LogP contribution in [0.4, 0.5) is 0 Å². The number of fused-ring (bicyclic) bond motifs is 2. The maximum Gasteiger partial charge on any atom is 0.173 e. The Hall–Kier alpha value is -4.02. The standard InChI is InChI=1S/C38H46N2O5/c1-3-4-8-24-17-26(18-25-15-16-40-36(39)21-25)19-28-11-13-30(27-9-6-5-7-10-27)31-23-34(42)35(45-2)22-29(31)12-14-33(41)38(44)37(43)32(28)20-24/h5-7,9-10,15,21-24,26,28,30,32,38,40,42,44H,3-4,8,12,14,16-20,39H2,1-2H3. The molecule has 0 radical (unpaired) electrons. The molecule has 1 fully saturated rings. The first kappa shape index (κ1) is 32.4. The van der Waals surface area contributed by atoms with E-state index in [0.717, 1.165) is 48.8 Å². The first-order chi connectivity index (χ1) is 21.8. The lowest BCUT2D eigenvalue weighted by Crippen LogP contribution is -2.38. The summed E-state index contributed by atoms with van der Waals surface area (Å²) in [6.45, 7) is 2.87. The number of benzene rings is 2. The molecule has 5 N–H and O–H groups in total. The summed E-state index contributed by atoms with van der Waals surface area (Å²) in [4.78, 5) is 27.4. The highest BCUT2D eigenvalue weighted by Crippen LogP contribution is 2.42. The van der Waals surface area contributed by atoms with Gasteiger partial charge in [0.25, 0.3) is 0 Å². The van der Waals surface area contributed by atoms with Crippen LogP contribution in [0.2, 0.25) is 0 Å². The van der Waals surface area contributed by atoms with Crippen molar-refractivity contribution >= 4 is 11.6 Å². The molecule has 7 heteroatoms. The molecule has 6 atom stereocenters. The van der Waals surface area contributed by atoms with Crippen LogP contribution in [0.3, 0.4) is 0 Å². The number of dihydropyridines is 1. The van der Waals surface area contributed by atoms with Crippen molar-refractivity contribution in [1.82, 2.24) is 5.32 Å². The number of carbonyl (C=O) groups excluding carboxylic acids is 2. The third-order valence-electron chi connectivity index (χ3n) is 9.71. The second-order valence-electron chi connectivity index (χ2n) is 12.9. The minimum Gasteiger partial charge on any atom is -0.504 e. The van der Waals surface area contributed by atoms with Crippen LogP contribution in [0.15, 0.2) is 66.0 Å². The number of ketones is 2. The third kappa shape index (κ3) is 7.80. The highest BCUT2D eigenvalue weighted by atomic mass is 16.5. The van der Waals surface area contributed by atoms with E-state index >= 15 is 0 Å². The molecule has 3 aliphatic rings. The summed E-state index contributed by atoms with van der Waals surface area (Å²) in [6.07, 6.45) is 9.01. The van der Waals surface area contributed by atoms with Gasteiger partial charge in [-0.15, -0.1) is 0 Å². The Labute approximate surface area is 266 Å². The number of phenols is 1. The number of carbonyl (C=O) groups is 2. The Morgan fingerprint density at radius 3 is 2.58 bits per heavy atom.